The van der Waals surface area contributed by atoms with Crippen molar-refractivity contribution in [2.75, 3.05) is 7.11 Å². The van der Waals surface area contributed by atoms with Crippen LogP contribution in [0.4, 0.5) is 5.69 Å². The molecule has 0 radical (unpaired) electrons. The van der Waals surface area contributed by atoms with Crippen LogP contribution in [0, 0.1) is 10.1 Å². The topological polar surface area (TPSA) is 79.4 Å². The van der Waals surface area contributed by atoms with Crippen LogP contribution in [0.3, 0.4) is 0 Å². The summed E-state index contributed by atoms with van der Waals surface area (Å²) in [5.41, 5.74) is 0.885. The van der Waals surface area contributed by atoms with Crippen LogP contribution >= 0.6 is 23.1 Å². The van der Waals surface area contributed by atoms with Crippen molar-refractivity contribution in [2.24, 2.45) is 0 Å². The summed E-state index contributed by atoms with van der Waals surface area (Å²) in [6.45, 7) is 0. The van der Waals surface area contributed by atoms with Gasteiger partial charge in [-0.25, -0.2) is 4.98 Å². The zero-order valence-corrected chi connectivity index (χ0v) is 13.7. The van der Waals surface area contributed by atoms with Crippen molar-refractivity contribution in [1.29, 1.82) is 0 Å². The lowest BCUT2D eigenvalue weighted by atomic mass is 10.3. The standard InChI is InChI=1S/C13H9N3O3S2.ClH/c1-19-11-7-6-9(16(17)18)12(15-11)21-13-14-8-4-2-3-5-10(8)20-13;/h2-7H,1H3;1H. The number of fused-ring (bicyclic) bond motifs is 1. The van der Waals surface area contributed by atoms with E-state index in [4.69, 9.17) is 4.74 Å². The van der Waals surface area contributed by atoms with Gasteiger partial charge in [-0.2, -0.15) is 4.98 Å². The summed E-state index contributed by atoms with van der Waals surface area (Å²) in [4.78, 5) is 18.0. The monoisotopic (exact) mass is 355 g/mol. The molecule has 0 saturated heterocycles. The van der Waals surface area contributed by atoms with E-state index in [0.717, 1.165) is 14.6 Å². The number of H-pyrrole nitrogens is 1. The Hall–Kier alpha value is -1.90. The molecule has 0 bridgehead atoms. The maximum atomic E-state index is 11.1. The highest BCUT2D eigenvalue weighted by Crippen LogP contribution is 2.36. The van der Waals surface area contributed by atoms with Gasteiger partial charge < -0.3 is 17.1 Å². The third-order valence-corrected chi connectivity index (χ3v) is 4.85. The lowest BCUT2D eigenvalue weighted by Gasteiger charge is -1.96. The van der Waals surface area contributed by atoms with Crippen molar-refractivity contribution in [1.82, 2.24) is 4.98 Å². The lowest BCUT2D eigenvalue weighted by Crippen LogP contribution is -3.00. The molecule has 3 aromatic rings. The Morgan fingerprint density at radius 2 is 2.09 bits per heavy atom. The van der Waals surface area contributed by atoms with E-state index >= 15 is 0 Å². The molecule has 2 heterocycles. The molecule has 0 aliphatic rings. The van der Waals surface area contributed by atoms with E-state index in [-0.39, 0.29) is 18.1 Å². The van der Waals surface area contributed by atoms with Crippen molar-refractivity contribution in [2.45, 2.75) is 9.37 Å². The number of halogens is 1. The van der Waals surface area contributed by atoms with Crippen LogP contribution in [0.2, 0.25) is 0 Å². The smallest absolute Gasteiger partial charge is 0.367 e. The number of aromatic amines is 1. The number of hydrogen-bond donors (Lipinski definition) is 0. The second-order valence-electron chi connectivity index (χ2n) is 4.05. The number of hydrogen-bond acceptors (Lipinski definition) is 6. The molecular formula is C13H10ClN3O3S2. The molecular weight excluding hydrogens is 346 g/mol. The van der Waals surface area contributed by atoms with Gasteiger partial charge in [0.1, 0.15) is 0 Å². The third kappa shape index (κ3) is 3.29. The highest BCUT2D eigenvalue weighted by Gasteiger charge is 2.25. The molecule has 3 rings (SSSR count). The van der Waals surface area contributed by atoms with Crippen molar-refractivity contribution >= 4 is 39.0 Å². The fourth-order valence-electron chi connectivity index (χ4n) is 1.77. The van der Waals surface area contributed by atoms with Crippen molar-refractivity contribution in [3.63, 3.8) is 0 Å². The van der Waals surface area contributed by atoms with Crippen molar-refractivity contribution < 1.29 is 27.1 Å². The summed E-state index contributed by atoms with van der Waals surface area (Å²) in [6.07, 6.45) is 0. The molecule has 114 valence electrons. The van der Waals surface area contributed by atoms with Gasteiger partial charge in [0.2, 0.25) is 0 Å². The van der Waals surface area contributed by atoms with Gasteiger partial charge in [0.15, 0.2) is 4.34 Å². The number of nitro groups is 1. The van der Waals surface area contributed by atoms with Gasteiger partial charge in [-0.15, -0.1) is 11.3 Å². The Kier molecular flexibility index (Phi) is 5.17. The number of rotatable bonds is 4. The molecule has 1 N–H and O–H groups in total. The first kappa shape index (κ1) is 16.5. The first-order valence-corrected chi connectivity index (χ1v) is 7.59. The minimum atomic E-state index is -0.425. The first-order chi connectivity index (χ1) is 10.2. The number of methoxy groups -OCH3 is 1. The Morgan fingerprint density at radius 3 is 2.77 bits per heavy atom. The maximum absolute atomic E-state index is 11.1. The van der Waals surface area contributed by atoms with E-state index in [9.17, 15) is 10.1 Å². The van der Waals surface area contributed by atoms with E-state index in [2.05, 4.69) is 9.97 Å². The molecule has 0 amide bonds. The molecule has 22 heavy (non-hydrogen) atoms. The molecule has 0 saturated carbocycles. The number of benzene rings is 1. The average molecular weight is 356 g/mol. The summed E-state index contributed by atoms with van der Waals surface area (Å²) in [5.74, 6) is 0.462. The minimum absolute atomic E-state index is 0. The molecule has 6 nitrogen and oxygen atoms in total. The van der Waals surface area contributed by atoms with E-state index in [0.29, 0.717) is 10.9 Å². The van der Waals surface area contributed by atoms with Crippen LogP contribution in [0.25, 0.3) is 10.2 Å². The highest BCUT2D eigenvalue weighted by atomic mass is 35.5. The zero-order chi connectivity index (χ0) is 14.8. The highest BCUT2D eigenvalue weighted by molar-refractivity contribution is 8.01. The number of thiazole rings is 1. The average Bonchev–Trinajstić information content (AvgIpc) is 2.89. The second kappa shape index (κ2) is 6.91. The van der Waals surface area contributed by atoms with Crippen molar-refractivity contribution in [3.8, 4) is 5.88 Å². The van der Waals surface area contributed by atoms with Gasteiger partial charge >= 0.3 is 16.6 Å². The van der Waals surface area contributed by atoms with Gasteiger partial charge in [-0.1, -0.05) is 12.1 Å². The van der Waals surface area contributed by atoms with E-state index in [1.165, 1.54) is 42.3 Å². The molecule has 0 aliphatic heterocycles. The summed E-state index contributed by atoms with van der Waals surface area (Å²) >= 11 is 2.72. The van der Waals surface area contributed by atoms with Crippen LogP contribution in [0.5, 0.6) is 5.88 Å². The molecule has 0 aliphatic carbocycles. The summed E-state index contributed by atoms with van der Waals surface area (Å²) in [5, 5.41) is 11.5. The van der Waals surface area contributed by atoms with E-state index in [1.807, 2.05) is 24.3 Å². The molecule has 0 spiro atoms. The fraction of sp³-hybridized carbons (Fsp3) is 0.0769. The SMILES string of the molecule is COc1ccc([N+](=O)[O-])c(Sc2nc3ccccc3s2)[nH+]1.[Cl-]. The Labute approximate surface area is 140 Å². The maximum Gasteiger partial charge on any atom is 0.367 e. The molecule has 2 aromatic heterocycles. The lowest BCUT2D eigenvalue weighted by molar-refractivity contribution is -0.465. The fourth-order valence-corrected chi connectivity index (χ4v) is 3.87. The van der Waals surface area contributed by atoms with Gasteiger partial charge in [-0.3, -0.25) is 10.1 Å². The summed E-state index contributed by atoms with van der Waals surface area (Å²) in [7, 11) is 1.50. The number of nitrogens with zero attached hydrogens (tertiary/aromatic N) is 2. The van der Waals surface area contributed by atoms with E-state index < -0.39 is 4.92 Å². The number of pyridine rings is 1. The van der Waals surface area contributed by atoms with Gasteiger partial charge in [0.25, 0.3) is 0 Å². The predicted molar refractivity (Wildman–Crippen MR) is 79.9 cm³/mol. The van der Waals surface area contributed by atoms with Crippen LogP contribution in [-0.4, -0.2) is 17.0 Å². The minimum Gasteiger partial charge on any atom is -1.00 e. The molecule has 0 fully saturated rings. The molecule has 0 unspecified atom stereocenters. The normalized spacial score (nSPS) is 10.2. The molecule has 9 heteroatoms. The zero-order valence-electron chi connectivity index (χ0n) is 11.3. The predicted octanol–water partition coefficient (Wildman–Crippen LogP) is 0.182. The van der Waals surface area contributed by atoms with Gasteiger partial charge in [-0.05, 0) is 12.1 Å². The van der Waals surface area contributed by atoms with E-state index in [1.54, 1.807) is 0 Å². The summed E-state index contributed by atoms with van der Waals surface area (Å²) in [6, 6.07) is 10.7. The van der Waals surface area contributed by atoms with Crippen LogP contribution in [0.1, 0.15) is 0 Å². The molecule has 1 aromatic carbocycles. The van der Waals surface area contributed by atoms with Crippen LogP contribution in [-0.2, 0) is 0 Å². The first-order valence-electron chi connectivity index (χ1n) is 5.95. The molecule has 0 atom stereocenters. The van der Waals surface area contributed by atoms with Crippen LogP contribution in [0.15, 0.2) is 45.8 Å². The second-order valence-corrected chi connectivity index (χ2v) is 6.34. The number of para-hydroxylation sites is 1. The Bertz CT molecular complexity index is 792. The largest absolute Gasteiger partial charge is 1.00 e. The Balaban J connectivity index is 0.00000176. The summed E-state index contributed by atoms with van der Waals surface area (Å²) < 4.78 is 6.86. The van der Waals surface area contributed by atoms with Crippen molar-refractivity contribution in [3.05, 3.63) is 46.5 Å². The van der Waals surface area contributed by atoms with Gasteiger partial charge in [0, 0.05) is 17.8 Å². The number of aromatic nitrogens is 2. The number of ether oxygens (including phenoxy) is 1. The van der Waals surface area contributed by atoms with Crippen LogP contribution < -0.4 is 22.1 Å². The Morgan fingerprint density at radius 1 is 1.32 bits per heavy atom. The van der Waals surface area contributed by atoms with Gasteiger partial charge in [0.05, 0.1) is 28.3 Å². The number of nitrogens with one attached hydrogen (secondary N) is 1. The quantitative estimate of drug-likeness (QED) is 0.493. The third-order valence-electron chi connectivity index (χ3n) is 2.74.